The number of hydrogen-bond donors (Lipinski definition) is 2. The van der Waals surface area contributed by atoms with E-state index in [0.29, 0.717) is 32.3 Å². The number of aliphatic hydroxyl groups is 2. The van der Waals surface area contributed by atoms with Crippen molar-refractivity contribution in [2.45, 2.75) is 77.4 Å². The third kappa shape index (κ3) is 3.48. The van der Waals surface area contributed by atoms with Crippen LogP contribution in [0.5, 0.6) is 0 Å². The molecule has 0 saturated heterocycles. The Morgan fingerprint density at radius 2 is 1.91 bits per heavy atom. The van der Waals surface area contributed by atoms with Crippen molar-refractivity contribution in [2.75, 3.05) is 19.8 Å². The van der Waals surface area contributed by atoms with Gasteiger partial charge in [0.2, 0.25) is 5.78 Å². The Morgan fingerprint density at radius 1 is 1.16 bits per heavy atom. The maximum Gasteiger partial charge on any atom is 0.332 e. The molecule has 2 N–H and O–H groups in total. The average Bonchev–Trinajstić information content (AvgIpc) is 3.02. The van der Waals surface area contributed by atoms with Crippen LogP contribution >= 0.6 is 0 Å². The van der Waals surface area contributed by atoms with Crippen molar-refractivity contribution in [1.29, 1.82) is 0 Å². The van der Waals surface area contributed by atoms with E-state index in [1.54, 1.807) is 13.0 Å². The third-order valence-corrected chi connectivity index (χ3v) is 9.30. The van der Waals surface area contributed by atoms with Gasteiger partial charge >= 0.3 is 5.97 Å². The first kappa shape index (κ1) is 23.6. The number of allylic oxidation sites excluding steroid dienone is 1. The van der Waals surface area contributed by atoms with Gasteiger partial charge < -0.3 is 19.7 Å². The Hall–Kier alpha value is -1.57. The summed E-state index contributed by atoms with van der Waals surface area (Å²) in [4.78, 5) is 36.9. The van der Waals surface area contributed by atoms with Crippen molar-refractivity contribution in [3.8, 4) is 0 Å². The number of hydrogen-bond acceptors (Lipinski definition) is 7. The van der Waals surface area contributed by atoms with Gasteiger partial charge in [-0.05, 0) is 74.7 Å². The van der Waals surface area contributed by atoms with Crippen LogP contribution in [0.15, 0.2) is 11.6 Å². The SMILES string of the molecule is CCOCC(=O)OCC(=O)[C@@]1(O)CC[C@H]2[C@@H]3CCC4=CC(=O)CC[C@]4(C)[C@H]3C(O)C[C@@]21C. The van der Waals surface area contributed by atoms with Crippen LogP contribution in [0.3, 0.4) is 0 Å². The molecule has 4 rings (SSSR count). The molecule has 4 aliphatic carbocycles. The van der Waals surface area contributed by atoms with Crippen LogP contribution in [-0.4, -0.2) is 59.3 Å². The van der Waals surface area contributed by atoms with Gasteiger partial charge in [0.25, 0.3) is 0 Å². The molecule has 32 heavy (non-hydrogen) atoms. The smallest absolute Gasteiger partial charge is 0.332 e. The normalized spacial score (nSPS) is 43.0. The quantitative estimate of drug-likeness (QED) is 0.600. The molecule has 4 aliphatic rings. The highest BCUT2D eigenvalue weighted by atomic mass is 16.6. The summed E-state index contributed by atoms with van der Waals surface area (Å²) in [6.45, 7) is 5.53. The predicted octanol–water partition coefficient (Wildman–Crippen LogP) is 2.37. The van der Waals surface area contributed by atoms with E-state index in [1.807, 2.05) is 6.92 Å². The fourth-order valence-electron chi connectivity index (χ4n) is 7.64. The molecule has 7 heteroatoms. The lowest BCUT2D eigenvalue weighted by Crippen LogP contribution is -2.62. The van der Waals surface area contributed by atoms with Crippen LogP contribution in [0, 0.1) is 28.6 Å². The molecule has 0 aromatic carbocycles. The Labute approximate surface area is 189 Å². The second kappa shape index (κ2) is 8.33. The molecule has 7 nitrogen and oxygen atoms in total. The molecule has 0 radical (unpaired) electrons. The van der Waals surface area contributed by atoms with Crippen LogP contribution in [0.2, 0.25) is 0 Å². The molecule has 178 valence electrons. The molecule has 3 saturated carbocycles. The van der Waals surface area contributed by atoms with Crippen molar-refractivity contribution in [1.82, 2.24) is 0 Å². The molecule has 3 fully saturated rings. The Bertz CT molecular complexity index is 834. The van der Waals surface area contributed by atoms with E-state index in [4.69, 9.17) is 9.47 Å². The van der Waals surface area contributed by atoms with Crippen LogP contribution in [0.1, 0.15) is 65.7 Å². The van der Waals surface area contributed by atoms with Crippen molar-refractivity contribution in [3.63, 3.8) is 0 Å². The Morgan fingerprint density at radius 3 is 2.62 bits per heavy atom. The second-order valence-electron chi connectivity index (χ2n) is 10.7. The lowest BCUT2D eigenvalue weighted by molar-refractivity contribution is -0.185. The summed E-state index contributed by atoms with van der Waals surface area (Å²) in [6, 6.07) is 0. The topological polar surface area (TPSA) is 110 Å². The second-order valence-corrected chi connectivity index (χ2v) is 10.7. The Kier molecular flexibility index (Phi) is 6.14. The number of ether oxygens (including phenoxy) is 2. The molecule has 0 amide bonds. The molecular weight excluding hydrogens is 412 g/mol. The summed E-state index contributed by atoms with van der Waals surface area (Å²) >= 11 is 0. The number of carbonyl (C=O) groups is 3. The molecule has 0 heterocycles. The highest BCUT2D eigenvalue weighted by molar-refractivity contribution is 5.92. The number of rotatable bonds is 6. The van der Waals surface area contributed by atoms with Gasteiger partial charge in [0.05, 0.1) is 6.10 Å². The van der Waals surface area contributed by atoms with E-state index in [9.17, 15) is 24.6 Å². The predicted molar refractivity (Wildman–Crippen MR) is 116 cm³/mol. The maximum absolute atomic E-state index is 13.1. The van der Waals surface area contributed by atoms with Gasteiger partial charge in [-0.1, -0.05) is 19.4 Å². The molecular formula is C25H36O7. The van der Waals surface area contributed by atoms with Crippen molar-refractivity contribution >= 4 is 17.5 Å². The van der Waals surface area contributed by atoms with E-state index in [2.05, 4.69) is 6.92 Å². The van der Waals surface area contributed by atoms with Gasteiger partial charge in [-0.15, -0.1) is 0 Å². The summed E-state index contributed by atoms with van der Waals surface area (Å²) in [5.41, 5.74) is -1.46. The summed E-state index contributed by atoms with van der Waals surface area (Å²) in [6.07, 6.45) is 5.40. The number of Topliss-reactive ketones (excluding diaryl/α,β-unsaturated/α-hetero) is 1. The lowest BCUT2D eigenvalue weighted by atomic mass is 9.45. The monoisotopic (exact) mass is 448 g/mol. The first-order valence-corrected chi connectivity index (χ1v) is 12.0. The standard InChI is InChI=1S/C25H36O7/c1-4-31-14-21(29)32-13-20(28)25(30)10-8-18-17-6-5-15-11-16(26)7-9-23(15,2)22(17)19(27)12-24(18,25)3/h11,17-19,22,27,30H,4-10,12-14H2,1-3H3/t17-,18-,19?,22+,23-,24-,25-/m0/s1. The molecule has 0 spiro atoms. The zero-order valence-corrected chi connectivity index (χ0v) is 19.4. The number of carbonyl (C=O) groups excluding carboxylic acids is 3. The molecule has 7 atom stereocenters. The largest absolute Gasteiger partial charge is 0.456 e. The lowest BCUT2D eigenvalue weighted by Gasteiger charge is -2.60. The first-order valence-electron chi connectivity index (χ1n) is 12.0. The maximum atomic E-state index is 13.1. The first-order chi connectivity index (χ1) is 15.1. The highest BCUT2D eigenvalue weighted by Crippen LogP contribution is 2.67. The number of ketones is 2. The van der Waals surface area contributed by atoms with Gasteiger partial charge in [-0.2, -0.15) is 0 Å². The molecule has 0 aliphatic heterocycles. The van der Waals surface area contributed by atoms with Gasteiger partial charge in [0.1, 0.15) is 12.2 Å². The summed E-state index contributed by atoms with van der Waals surface area (Å²) in [7, 11) is 0. The van der Waals surface area contributed by atoms with Gasteiger partial charge in [-0.3, -0.25) is 9.59 Å². The summed E-state index contributed by atoms with van der Waals surface area (Å²) in [5, 5.41) is 23.0. The van der Waals surface area contributed by atoms with Gasteiger partial charge in [0.15, 0.2) is 12.4 Å². The van der Waals surface area contributed by atoms with E-state index in [1.165, 1.54) is 0 Å². The van der Waals surface area contributed by atoms with Crippen molar-refractivity contribution < 1.29 is 34.1 Å². The molecule has 0 aromatic rings. The molecule has 0 aromatic heterocycles. The van der Waals surface area contributed by atoms with E-state index < -0.39 is 35.5 Å². The van der Waals surface area contributed by atoms with Gasteiger partial charge in [-0.25, -0.2) is 4.79 Å². The fourth-order valence-corrected chi connectivity index (χ4v) is 7.64. The zero-order valence-electron chi connectivity index (χ0n) is 19.4. The molecule has 1 unspecified atom stereocenters. The van der Waals surface area contributed by atoms with Crippen molar-refractivity contribution in [3.05, 3.63) is 11.6 Å². The van der Waals surface area contributed by atoms with Crippen LogP contribution < -0.4 is 0 Å². The summed E-state index contributed by atoms with van der Waals surface area (Å²) in [5.74, 6) is -0.648. The highest BCUT2D eigenvalue weighted by Gasteiger charge is 2.68. The Balaban J connectivity index is 1.55. The van der Waals surface area contributed by atoms with E-state index >= 15 is 0 Å². The fraction of sp³-hybridized carbons (Fsp3) is 0.800. The number of fused-ring (bicyclic) bond motifs is 5. The third-order valence-electron chi connectivity index (χ3n) is 9.30. The minimum absolute atomic E-state index is 0.0233. The number of aliphatic hydroxyl groups excluding tert-OH is 1. The minimum Gasteiger partial charge on any atom is -0.456 e. The average molecular weight is 449 g/mol. The van der Waals surface area contributed by atoms with Gasteiger partial charge in [0, 0.05) is 18.4 Å². The summed E-state index contributed by atoms with van der Waals surface area (Å²) < 4.78 is 10.1. The minimum atomic E-state index is -1.63. The zero-order chi connectivity index (χ0) is 23.3. The van der Waals surface area contributed by atoms with E-state index in [0.717, 1.165) is 24.8 Å². The van der Waals surface area contributed by atoms with Crippen LogP contribution in [0.4, 0.5) is 0 Å². The van der Waals surface area contributed by atoms with Crippen molar-refractivity contribution in [2.24, 2.45) is 28.6 Å². The number of esters is 1. The van der Waals surface area contributed by atoms with Crippen LogP contribution in [0.25, 0.3) is 0 Å². The van der Waals surface area contributed by atoms with E-state index in [-0.39, 0.29) is 35.6 Å². The molecule has 0 bridgehead atoms. The van der Waals surface area contributed by atoms with Crippen LogP contribution in [-0.2, 0) is 23.9 Å².